The summed E-state index contributed by atoms with van der Waals surface area (Å²) < 4.78 is 13.3. The highest BCUT2D eigenvalue weighted by atomic mass is 79.9. The summed E-state index contributed by atoms with van der Waals surface area (Å²) >= 11 is 6.93. The molecule has 1 amide bonds. The number of halogens is 2. The second-order valence-electron chi connectivity index (χ2n) is 7.11. The molecule has 0 fully saturated rings. The number of benzene rings is 3. The van der Waals surface area contributed by atoms with E-state index in [9.17, 15) is 10.1 Å². The Hall–Kier alpha value is -3.08. The third kappa shape index (κ3) is 6.70. The summed E-state index contributed by atoms with van der Waals surface area (Å²) in [5, 5.41) is 12.4. The quantitative estimate of drug-likeness (QED) is 0.233. The maximum absolute atomic E-state index is 12.7. The van der Waals surface area contributed by atoms with Gasteiger partial charge in [0.2, 0.25) is 0 Å². The van der Waals surface area contributed by atoms with Gasteiger partial charge in [-0.3, -0.25) is 4.79 Å². The zero-order chi connectivity index (χ0) is 23.8. The van der Waals surface area contributed by atoms with Crippen molar-refractivity contribution in [2.45, 2.75) is 20.5 Å². The second-order valence-corrected chi connectivity index (χ2v) is 8.88. The molecule has 7 heteroatoms. The van der Waals surface area contributed by atoms with Crippen molar-refractivity contribution in [1.82, 2.24) is 0 Å². The highest BCUT2D eigenvalue weighted by Gasteiger charge is 2.15. The van der Waals surface area contributed by atoms with Gasteiger partial charge in [-0.05, 0) is 66.9 Å². The van der Waals surface area contributed by atoms with E-state index in [1.807, 2.05) is 62.4 Å². The van der Waals surface area contributed by atoms with Gasteiger partial charge in [-0.2, -0.15) is 5.26 Å². The van der Waals surface area contributed by atoms with Gasteiger partial charge in [-0.25, -0.2) is 0 Å². The summed E-state index contributed by atoms with van der Waals surface area (Å²) in [7, 11) is 0. The number of carbonyl (C=O) groups is 1. The minimum atomic E-state index is -0.489. The number of ether oxygens (including phenoxy) is 2. The number of aryl methyl sites for hydroxylation is 1. The van der Waals surface area contributed by atoms with E-state index in [4.69, 9.17) is 9.47 Å². The van der Waals surface area contributed by atoms with Crippen LogP contribution in [0.15, 0.2) is 75.2 Å². The fourth-order valence-corrected chi connectivity index (χ4v) is 3.95. The van der Waals surface area contributed by atoms with Crippen LogP contribution in [-0.2, 0) is 11.4 Å². The first-order valence-corrected chi connectivity index (χ1v) is 11.8. The molecule has 0 aliphatic carbocycles. The van der Waals surface area contributed by atoms with Crippen LogP contribution in [0.1, 0.15) is 23.6 Å². The molecule has 5 nitrogen and oxygen atoms in total. The Kier molecular flexibility index (Phi) is 8.70. The van der Waals surface area contributed by atoms with Crippen molar-refractivity contribution in [2.75, 3.05) is 11.9 Å². The number of hydrogen-bond acceptors (Lipinski definition) is 4. The molecule has 0 spiro atoms. The highest BCUT2D eigenvalue weighted by molar-refractivity contribution is 9.10. The minimum Gasteiger partial charge on any atom is -0.490 e. The molecule has 0 aromatic heterocycles. The molecule has 1 N–H and O–H groups in total. The normalized spacial score (nSPS) is 10.9. The summed E-state index contributed by atoms with van der Waals surface area (Å²) in [6, 6.07) is 20.9. The molecule has 168 valence electrons. The Morgan fingerprint density at radius 2 is 1.79 bits per heavy atom. The van der Waals surface area contributed by atoms with E-state index in [1.54, 1.807) is 18.2 Å². The standard InChI is InChI=1S/C26H22Br2N2O3/c1-3-32-24-13-19(22(28)14-25(24)33-16-18-7-5-4-6-8-18)12-20(15-29)26(31)30-23-10-9-21(27)11-17(23)2/h4-14H,3,16H2,1-2H3,(H,30,31)/b20-12+. The van der Waals surface area contributed by atoms with Crippen molar-refractivity contribution in [2.24, 2.45) is 0 Å². The fraction of sp³-hybridized carbons (Fsp3) is 0.154. The molecule has 0 unspecified atom stereocenters. The van der Waals surface area contributed by atoms with E-state index in [-0.39, 0.29) is 5.57 Å². The smallest absolute Gasteiger partial charge is 0.266 e. The largest absolute Gasteiger partial charge is 0.490 e. The van der Waals surface area contributed by atoms with Crippen LogP contribution < -0.4 is 14.8 Å². The summed E-state index contributed by atoms with van der Waals surface area (Å²) in [6.45, 7) is 4.60. The van der Waals surface area contributed by atoms with Gasteiger partial charge in [0, 0.05) is 14.6 Å². The number of carbonyl (C=O) groups excluding carboxylic acids is 1. The monoisotopic (exact) mass is 568 g/mol. The van der Waals surface area contributed by atoms with Gasteiger partial charge in [0.15, 0.2) is 11.5 Å². The Morgan fingerprint density at radius 1 is 1.06 bits per heavy atom. The molecule has 3 rings (SSSR count). The van der Waals surface area contributed by atoms with Gasteiger partial charge in [-0.1, -0.05) is 62.2 Å². The number of amides is 1. The molecule has 0 atom stereocenters. The van der Waals surface area contributed by atoms with Crippen LogP contribution in [0.5, 0.6) is 11.5 Å². The third-order valence-electron chi connectivity index (χ3n) is 4.70. The van der Waals surface area contributed by atoms with Crippen molar-refractivity contribution < 1.29 is 14.3 Å². The topological polar surface area (TPSA) is 71.3 Å². The number of nitrogens with one attached hydrogen (secondary N) is 1. The maximum atomic E-state index is 12.7. The van der Waals surface area contributed by atoms with E-state index in [1.165, 1.54) is 6.08 Å². The number of nitrogens with zero attached hydrogens (tertiary/aromatic N) is 1. The number of rotatable bonds is 8. The van der Waals surface area contributed by atoms with Crippen molar-refractivity contribution >= 4 is 49.5 Å². The first-order chi connectivity index (χ1) is 15.9. The number of nitriles is 1. The van der Waals surface area contributed by atoms with Crippen LogP contribution in [0.3, 0.4) is 0 Å². The molecule has 3 aromatic rings. The van der Waals surface area contributed by atoms with Gasteiger partial charge in [0.1, 0.15) is 18.2 Å². The molecule has 0 heterocycles. The second kappa shape index (κ2) is 11.7. The molecule has 3 aromatic carbocycles. The Morgan fingerprint density at radius 3 is 2.45 bits per heavy atom. The molecule has 0 aliphatic rings. The van der Waals surface area contributed by atoms with Crippen LogP contribution in [0.2, 0.25) is 0 Å². The number of hydrogen-bond donors (Lipinski definition) is 1. The van der Waals surface area contributed by atoms with Crippen LogP contribution in [-0.4, -0.2) is 12.5 Å². The third-order valence-corrected chi connectivity index (χ3v) is 5.88. The molecular weight excluding hydrogens is 548 g/mol. The van der Waals surface area contributed by atoms with E-state index in [0.29, 0.717) is 40.4 Å². The van der Waals surface area contributed by atoms with Gasteiger partial charge in [0.05, 0.1) is 6.61 Å². The van der Waals surface area contributed by atoms with Gasteiger partial charge >= 0.3 is 0 Å². The number of anilines is 1. The first-order valence-electron chi connectivity index (χ1n) is 10.2. The zero-order valence-electron chi connectivity index (χ0n) is 18.2. The minimum absolute atomic E-state index is 0.0292. The average molecular weight is 570 g/mol. The van der Waals surface area contributed by atoms with Gasteiger partial charge in [0.25, 0.3) is 5.91 Å². The van der Waals surface area contributed by atoms with Crippen molar-refractivity contribution in [1.29, 1.82) is 5.26 Å². The zero-order valence-corrected chi connectivity index (χ0v) is 21.4. The van der Waals surface area contributed by atoms with Crippen molar-refractivity contribution in [3.05, 3.63) is 91.9 Å². The van der Waals surface area contributed by atoms with Crippen LogP contribution >= 0.6 is 31.9 Å². The van der Waals surface area contributed by atoms with E-state index >= 15 is 0 Å². The molecular formula is C26H22Br2N2O3. The van der Waals surface area contributed by atoms with Crippen LogP contribution in [0.4, 0.5) is 5.69 Å². The van der Waals surface area contributed by atoms with E-state index in [2.05, 4.69) is 37.2 Å². The van der Waals surface area contributed by atoms with Crippen LogP contribution in [0.25, 0.3) is 6.08 Å². The van der Waals surface area contributed by atoms with Crippen molar-refractivity contribution in [3.63, 3.8) is 0 Å². The van der Waals surface area contributed by atoms with Gasteiger partial charge < -0.3 is 14.8 Å². The first kappa shape index (κ1) is 24.6. The van der Waals surface area contributed by atoms with E-state index in [0.717, 1.165) is 15.6 Å². The fourth-order valence-electron chi connectivity index (χ4n) is 3.04. The SMILES string of the molecule is CCOc1cc(/C=C(\C#N)C(=O)Nc2ccc(Br)cc2C)c(Br)cc1OCc1ccccc1. The average Bonchev–Trinajstić information content (AvgIpc) is 2.80. The molecule has 0 saturated heterocycles. The predicted molar refractivity (Wildman–Crippen MR) is 137 cm³/mol. The maximum Gasteiger partial charge on any atom is 0.266 e. The lowest BCUT2D eigenvalue weighted by Crippen LogP contribution is -2.14. The molecule has 0 bridgehead atoms. The molecule has 33 heavy (non-hydrogen) atoms. The Labute approximate surface area is 210 Å². The lowest BCUT2D eigenvalue weighted by Gasteiger charge is -2.14. The highest BCUT2D eigenvalue weighted by Crippen LogP contribution is 2.35. The lowest BCUT2D eigenvalue weighted by molar-refractivity contribution is -0.112. The summed E-state index contributed by atoms with van der Waals surface area (Å²) in [5.41, 5.74) is 3.16. The van der Waals surface area contributed by atoms with Crippen molar-refractivity contribution in [3.8, 4) is 17.6 Å². The Bertz CT molecular complexity index is 1220. The lowest BCUT2D eigenvalue weighted by atomic mass is 10.1. The summed E-state index contributed by atoms with van der Waals surface area (Å²) in [4.78, 5) is 12.7. The van der Waals surface area contributed by atoms with Crippen LogP contribution in [0, 0.1) is 18.3 Å². The predicted octanol–water partition coefficient (Wildman–Crippen LogP) is 7.04. The molecule has 0 radical (unpaired) electrons. The Balaban J connectivity index is 1.86. The summed E-state index contributed by atoms with van der Waals surface area (Å²) in [6.07, 6.45) is 1.52. The molecule has 0 saturated carbocycles. The summed E-state index contributed by atoms with van der Waals surface area (Å²) in [5.74, 6) is 0.611. The molecule has 0 aliphatic heterocycles. The van der Waals surface area contributed by atoms with E-state index < -0.39 is 5.91 Å². The van der Waals surface area contributed by atoms with Gasteiger partial charge in [-0.15, -0.1) is 0 Å².